The number of nitro groups is 1. The number of carbonyl (C=O) groups is 1. The Hall–Kier alpha value is -2.76. The largest absolute Gasteiger partial charge is 0.545 e. The van der Waals surface area contributed by atoms with Crippen molar-refractivity contribution in [3.05, 3.63) is 64.0 Å². The number of rotatable bonds is 3. The number of non-ortho nitro benzene ring substituents is 1. The zero-order valence-corrected chi connectivity index (χ0v) is 9.50. The number of benzene rings is 2. The van der Waals surface area contributed by atoms with E-state index in [1.807, 2.05) is 0 Å². The van der Waals surface area contributed by atoms with Gasteiger partial charge in [0, 0.05) is 17.7 Å². The summed E-state index contributed by atoms with van der Waals surface area (Å²) in [5.41, 5.74) is 0.366. The third-order valence-corrected chi connectivity index (χ3v) is 2.60. The van der Waals surface area contributed by atoms with E-state index in [0.717, 1.165) is 12.1 Å². The molecule has 0 aliphatic carbocycles. The third-order valence-electron chi connectivity index (χ3n) is 2.60. The summed E-state index contributed by atoms with van der Waals surface area (Å²) in [7, 11) is 0. The average molecular weight is 260 g/mol. The molecule has 0 saturated carbocycles. The van der Waals surface area contributed by atoms with Gasteiger partial charge in [-0.1, -0.05) is 6.07 Å². The Balaban J connectivity index is 2.44. The van der Waals surface area contributed by atoms with Gasteiger partial charge in [0.2, 0.25) is 0 Å². The molecule has 6 heteroatoms. The minimum absolute atomic E-state index is 0.0778. The summed E-state index contributed by atoms with van der Waals surface area (Å²) in [4.78, 5) is 20.7. The molecule has 0 aliphatic heterocycles. The molecule has 96 valence electrons. The molecule has 0 fully saturated rings. The van der Waals surface area contributed by atoms with Crippen LogP contribution in [-0.2, 0) is 0 Å². The van der Waals surface area contributed by atoms with Crippen LogP contribution >= 0.6 is 0 Å². The van der Waals surface area contributed by atoms with Crippen molar-refractivity contribution < 1.29 is 19.2 Å². The van der Waals surface area contributed by atoms with E-state index >= 15 is 0 Å². The predicted molar refractivity (Wildman–Crippen MR) is 62.8 cm³/mol. The second-order valence-electron chi connectivity index (χ2n) is 3.79. The smallest absolute Gasteiger partial charge is 0.269 e. The van der Waals surface area contributed by atoms with E-state index in [1.54, 1.807) is 0 Å². The van der Waals surface area contributed by atoms with E-state index < -0.39 is 22.3 Å². The van der Waals surface area contributed by atoms with Crippen molar-refractivity contribution in [2.45, 2.75) is 0 Å². The van der Waals surface area contributed by atoms with Crippen LogP contribution in [0.1, 0.15) is 10.4 Å². The van der Waals surface area contributed by atoms with Gasteiger partial charge in [-0.15, -0.1) is 0 Å². The van der Waals surface area contributed by atoms with E-state index in [1.165, 1.54) is 30.3 Å². The lowest BCUT2D eigenvalue weighted by atomic mass is 10.0. The van der Waals surface area contributed by atoms with E-state index in [9.17, 15) is 24.4 Å². The Kier molecular flexibility index (Phi) is 3.24. The fourth-order valence-corrected chi connectivity index (χ4v) is 1.64. The van der Waals surface area contributed by atoms with Crippen molar-refractivity contribution in [3.63, 3.8) is 0 Å². The summed E-state index contributed by atoms with van der Waals surface area (Å²) in [6, 6.07) is 9.04. The number of carbonyl (C=O) groups excluding carboxylic acids is 1. The van der Waals surface area contributed by atoms with Crippen LogP contribution < -0.4 is 5.11 Å². The first-order chi connectivity index (χ1) is 8.99. The van der Waals surface area contributed by atoms with Crippen molar-refractivity contribution >= 4 is 11.7 Å². The van der Waals surface area contributed by atoms with Crippen LogP contribution in [0.4, 0.5) is 10.1 Å². The van der Waals surface area contributed by atoms with Crippen LogP contribution in [0.2, 0.25) is 0 Å². The van der Waals surface area contributed by atoms with Gasteiger partial charge in [-0.3, -0.25) is 10.1 Å². The maximum atomic E-state index is 13.2. The zero-order valence-electron chi connectivity index (χ0n) is 9.50. The molecule has 0 radical (unpaired) electrons. The number of carboxylic acid groups (broad SMARTS) is 1. The first-order valence-electron chi connectivity index (χ1n) is 5.25. The van der Waals surface area contributed by atoms with Gasteiger partial charge in [0.15, 0.2) is 0 Å². The number of nitrogens with zero attached hydrogens (tertiary/aromatic N) is 1. The molecule has 0 bridgehead atoms. The molecule has 19 heavy (non-hydrogen) atoms. The zero-order chi connectivity index (χ0) is 14.0. The molecule has 0 N–H and O–H groups in total. The molecule has 2 aromatic carbocycles. The normalized spacial score (nSPS) is 10.2. The first-order valence-corrected chi connectivity index (χ1v) is 5.25. The average Bonchev–Trinajstić information content (AvgIpc) is 2.39. The van der Waals surface area contributed by atoms with Gasteiger partial charge in [-0.2, -0.15) is 0 Å². The molecule has 0 amide bonds. The molecule has 2 aromatic rings. The fraction of sp³-hybridized carbons (Fsp3) is 0. The predicted octanol–water partition coefficient (Wildman–Crippen LogP) is 1.76. The van der Waals surface area contributed by atoms with Crippen LogP contribution in [0.5, 0.6) is 0 Å². The third kappa shape index (κ3) is 2.57. The maximum absolute atomic E-state index is 13.2. The SMILES string of the molecule is O=C([O-])c1cc(-c2ccc([N+](=O)[O-])cc2)ccc1F. The van der Waals surface area contributed by atoms with Gasteiger partial charge in [-0.05, 0) is 35.4 Å². The topological polar surface area (TPSA) is 83.3 Å². The number of hydrogen-bond acceptors (Lipinski definition) is 4. The molecule has 0 aromatic heterocycles. The summed E-state index contributed by atoms with van der Waals surface area (Å²) in [6.45, 7) is 0. The number of halogens is 1. The van der Waals surface area contributed by atoms with E-state index in [4.69, 9.17) is 0 Å². The quantitative estimate of drug-likeness (QED) is 0.621. The van der Waals surface area contributed by atoms with Gasteiger partial charge in [-0.25, -0.2) is 4.39 Å². The van der Waals surface area contributed by atoms with Crippen molar-refractivity contribution in [1.29, 1.82) is 0 Å². The van der Waals surface area contributed by atoms with Crippen LogP contribution in [0, 0.1) is 15.9 Å². The number of nitro benzene ring substituents is 1. The van der Waals surface area contributed by atoms with Gasteiger partial charge in [0.1, 0.15) is 5.82 Å². The highest BCUT2D eigenvalue weighted by Gasteiger charge is 2.08. The molecular formula is C13H7FNO4-. The lowest BCUT2D eigenvalue weighted by molar-refractivity contribution is -0.384. The Morgan fingerprint density at radius 2 is 1.63 bits per heavy atom. The van der Waals surface area contributed by atoms with Gasteiger partial charge in [0.05, 0.1) is 10.9 Å². The van der Waals surface area contributed by atoms with E-state index in [-0.39, 0.29) is 5.69 Å². The number of aromatic carboxylic acids is 1. The minimum atomic E-state index is -1.61. The Labute approximate surface area is 107 Å². The standard InChI is InChI=1S/C13H8FNO4/c14-12-6-3-9(7-11(12)13(16)17)8-1-4-10(5-2-8)15(18)19/h1-7H,(H,16,17)/p-1. The fourth-order valence-electron chi connectivity index (χ4n) is 1.64. The number of hydrogen-bond donors (Lipinski definition) is 0. The van der Waals surface area contributed by atoms with Crippen molar-refractivity contribution in [3.8, 4) is 11.1 Å². The lowest BCUT2D eigenvalue weighted by Crippen LogP contribution is -2.23. The molecular weight excluding hydrogens is 253 g/mol. The van der Waals surface area contributed by atoms with Crippen molar-refractivity contribution in [2.75, 3.05) is 0 Å². The summed E-state index contributed by atoms with van der Waals surface area (Å²) in [5.74, 6) is -2.49. The second kappa shape index (κ2) is 4.85. The van der Waals surface area contributed by atoms with Gasteiger partial charge < -0.3 is 9.90 Å². The molecule has 0 spiro atoms. The molecule has 0 unspecified atom stereocenters. The first kappa shape index (κ1) is 12.7. The minimum Gasteiger partial charge on any atom is -0.545 e. The van der Waals surface area contributed by atoms with Crippen LogP contribution in [0.15, 0.2) is 42.5 Å². The van der Waals surface area contributed by atoms with Crippen LogP contribution in [0.3, 0.4) is 0 Å². The van der Waals surface area contributed by atoms with Crippen molar-refractivity contribution in [2.24, 2.45) is 0 Å². The summed E-state index contributed by atoms with van der Waals surface area (Å²) < 4.78 is 13.2. The highest BCUT2D eigenvalue weighted by Crippen LogP contribution is 2.24. The van der Waals surface area contributed by atoms with E-state index in [2.05, 4.69) is 0 Å². The Morgan fingerprint density at radius 3 is 2.16 bits per heavy atom. The molecule has 0 atom stereocenters. The second-order valence-corrected chi connectivity index (χ2v) is 3.79. The highest BCUT2D eigenvalue weighted by atomic mass is 19.1. The molecule has 0 aliphatic rings. The Morgan fingerprint density at radius 1 is 1.05 bits per heavy atom. The molecule has 2 rings (SSSR count). The van der Waals surface area contributed by atoms with Gasteiger partial charge >= 0.3 is 0 Å². The Bertz CT molecular complexity index is 652. The summed E-state index contributed by atoms with van der Waals surface area (Å²) in [6.07, 6.45) is 0. The van der Waals surface area contributed by atoms with Gasteiger partial charge in [0.25, 0.3) is 5.69 Å². The van der Waals surface area contributed by atoms with E-state index in [0.29, 0.717) is 11.1 Å². The maximum Gasteiger partial charge on any atom is 0.269 e. The molecule has 0 heterocycles. The number of carboxylic acids is 1. The molecule has 5 nitrogen and oxygen atoms in total. The lowest BCUT2D eigenvalue weighted by Gasteiger charge is -2.07. The van der Waals surface area contributed by atoms with Crippen LogP contribution in [0.25, 0.3) is 11.1 Å². The van der Waals surface area contributed by atoms with Crippen LogP contribution in [-0.4, -0.2) is 10.9 Å². The van der Waals surface area contributed by atoms with Crippen molar-refractivity contribution in [1.82, 2.24) is 0 Å². The summed E-state index contributed by atoms with van der Waals surface area (Å²) >= 11 is 0. The molecule has 0 saturated heterocycles. The summed E-state index contributed by atoms with van der Waals surface area (Å²) in [5, 5.41) is 21.2. The monoisotopic (exact) mass is 260 g/mol. The highest BCUT2D eigenvalue weighted by molar-refractivity contribution is 5.88.